The first-order chi connectivity index (χ1) is 11.4. The fraction of sp³-hybridized carbons (Fsp3) is 0.526. The van der Waals surface area contributed by atoms with E-state index in [1.54, 1.807) is 0 Å². The largest absolute Gasteiger partial charge is 0.326 e. The molecule has 1 fully saturated rings. The number of rotatable bonds is 5. The number of hydrogen-bond donors (Lipinski definition) is 2. The lowest BCUT2D eigenvalue weighted by Gasteiger charge is -2.18. The van der Waals surface area contributed by atoms with E-state index >= 15 is 0 Å². The van der Waals surface area contributed by atoms with Crippen LogP contribution in [0, 0.1) is 19.8 Å². The van der Waals surface area contributed by atoms with Gasteiger partial charge in [0.1, 0.15) is 0 Å². The predicted octanol–water partition coefficient (Wildman–Crippen LogP) is 3.70. The van der Waals surface area contributed by atoms with Gasteiger partial charge in [-0.05, 0) is 57.1 Å². The number of nitrogens with one attached hydrogen (secondary N) is 2. The zero-order valence-corrected chi connectivity index (χ0v) is 14.8. The number of nitrogens with zero attached hydrogens (tertiary/aromatic N) is 1. The molecule has 5 nitrogen and oxygen atoms in total. The first kappa shape index (κ1) is 18.2. The van der Waals surface area contributed by atoms with Crippen LogP contribution in [-0.2, 0) is 9.59 Å². The third kappa shape index (κ3) is 5.80. The van der Waals surface area contributed by atoms with Crippen LogP contribution in [0.1, 0.15) is 56.6 Å². The Bertz CT molecular complexity index is 637. The van der Waals surface area contributed by atoms with Crippen LogP contribution in [-0.4, -0.2) is 17.5 Å². The van der Waals surface area contributed by atoms with E-state index < -0.39 is 0 Å². The van der Waals surface area contributed by atoms with Gasteiger partial charge >= 0.3 is 0 Å². The standard InChI is InChI=1S/C19H27N3O2/c1-13-5-4-6-16(12-13)21-22-19(24)10-9-18(23)20-17-8-7-14(2)11-15(17)3/h7-8,11,13H,4-6,9-10,12H2,1-3H3,(H,20,23)(H,22,24)/b21-16+/t13-/m0/s1. The molecule has 2 amide bonds. The zero-order chi connectivity index (χ0) is 17.5. The molecule has 0 unspecified atom stereocenters. The second-order valence-electron chi connectivity index (χ2n) is 6.78. The number of benzene rings is 1. The van der Waals surface area contributed by atoms with Crippen molar-refractivity contribution in [3.8, 4) is 0 Å². The maximum Gasteiger partial charge on any atom is 0.240 e. The van der Waals surface area contributed by atoms with Crippen LogP contribution < -0.4 is 10.7 Å². The fourth-order valence-electron chi connectivity index (χ4n) is 2.95. The molecule has 0 radical (unpaired) electrons. The number of amides is 2. The molecule has 0 spiro atoms. The van der Waals surface area contributed by atoms with Gasteiger partial charge in [-0.15, -0.1) is 0 Å². The van der Waals surface area contributed by atoms with Gasteiger partial charge in [0, 0.05) is 24.2 Å². The van der Waals surface area contributed by atoms with E-state index in [-0.39, 0.29) is 24.7 Å². The van der Waals surface area contributed by atoms with Gasteiger partial charge in [-0.25, -0.2) is 5.43 Å². The van der Waals surface area contributed by atoms with Crippen LogP contribution >= 0.6 is 0 Å². The van der Waals surface area contributed by atoms with Crippen molar-refractivity contribution in [3.05, 3.63) is 29.3 Å². The minimum atomic E-state index is -0.212. The van der Waals surface area contributed by atoms with E-state index in [1.165, 1.54) is 6.42 Å². The first-order valence-corrected chi connectivity index (χ1v) is 8.65. The average molecular weight is 329 g/mol. The van der Waals surface area contributed by atoms with Crippen molar-refractivity contribution in [2.24, 2.45) is 11.0 Å². The maximum atomic E-state index is 12.0. The second kappa shape index (κ2) is 8.62. The van der Waals surface area contributed by atoms with E-state index in [0.29, 0.717) is 5.92 Å². The third-order valence-corrected chi connectivity index (χ3v) is 4.32. The highest BCUT2D eigenvalue weighted by atomic mass is 16.2. The highest BCUT2D eigenvalue weighted by molar-refractivity contribution is 5.94. The summed E-state index contributed by atoms with van der Waals surface area (Å²) in [5.41, 5.74) is 6.60. The Morgan fingerprint density at radius 1 is 1.21 bits per heavy atom. The monoisotopic (exact) mass is 329 g/mol. The van der Waals surface area contributed by atoms with E-state index in [1.807, 2.05) is 32.0 Å². The summed E-state index contributed by atoms with van der Waals surface area (Å²) in [7, 11) is 0. The second-order valence-corrected chi connectivity index (χ2v) is 6.78. The van der Waals surface area contributed by atoms with Gasteiger partial charge in [-0.3, -0.25) is 9.59 Å². The summed E-state index contributed by atoms with van der Waals surface area (Å²) in [5.74, 6) is 0.269. The minimum absolute atomic E-state index is 0.142. The Kier molecular flexibility index (Phi) is 6.53. The van der Waals surface area contributed by atoms with Gasteiger partial charge in [-0.1, -0.05) is 24.6 Å². The molecule has 0 aromatic heterocycles. The summed E-state index contributed by atoms with van der Waals surface area (Å²) >= 11 is 0. The van der Waals surface area contributed by atoms with Crippen molar-refractivity contribution in [1.82, 2.24) is 5.43 Å². The number of aryl methyl sites for hydroxylation is 2. The van der Waals surface area contributed by atoms with Crippen LogP contribution in [0.3, 0.4) is 0 Å². The Morgan fingerprint density at radius 3 is 2.67 bits per heavy atom. The molecular formula is C19H27N3O2. The molecule has 1 aromatic carbocycles. The van der Waals surface area contributed by atoms with Crippen LogP contribution in [0.2, 0.25) is 0 Å². The molecule has 2 N–H and O–H groups in total. The Hall–Kier alpha value is -2.17. The highest BCUT2D eigenvalue weighted by Gasteiger charge is 2.14. The molecular weight excluding hydrogens is 302 g/mol. The quantitative estimate of drug-likeness (QED) is 0.809. The molecule has 0 aliphatic heterocycles. The molecule has 1 saturated carbocycles. The molecule has 5 heteroatoms. The number of carbonyl (C=O) groups is 2. The predicted molar refractivity (Wildman–Crippen MR) is 97.0 cm³/mol. The van der Waals surface area contributed by atoms with Crippen LogP contribution in [0.15, 0.2) is 23.3 Å². The molecule has 1 aromatic rings. The van der Waals surface area contributed by atoms with Crippen molar-refractivity contribution >= 4 is 23.2 Å². The highest BCUT2D eigenvalue weighted by Crippen LogP contribution is 2.21. The number of anilines is 1. The normalized spacial score (nSPS) is 19.1. The first-order valence-electron chi connectivity index (χ1n) is 8.65. The Morgan fingerprint density at radius 2 is 1.96 bits per heavy atom. The van der Waals surface area contributed by atoms with E-state index in [4.69, 9.17) is 0 Å². The van der Waals surface area contributed by atoms with Crippen molar-refractivity contribution in [1.29, 1.82) is 0 Å². The lowest BCUT2D eigenvalue weighted by Crippen LogP contribution is -2.23. The molecule has 0 heterocycles. The number of hydrazone groups is 1. The van der Waals surface area contributed by atoms with Crippen molar-refractivity contribution in [3.63, 3.8) is 0 Å². The lowest BCUT2D eigenvalue weighted by molar-refractivity contribution is -0.124. The Balaban J connectivity index is 1.75. The zero-order valence-electron chi connectivity index (χ0n) is 14.8. The molecule has 130 valence electrons. The van der Waals surface area contributed by atoms with Gasteiger partial charge < -0.3 is 5.32 Å². The molecule has 1 aliphatic rings. The fourth-order valence-corrected chi connectivity index (χ4v) is 2.95. The van der Waals surface area contributed by atoms with Crippen LogP contribution in [0.25, 0.3) is 0 Å². The van der Waals surface area contributed by atoms with E-state index in [0.717, 1.165) is 41.8 Å². The topological polar surface area (TPSA) is 70.6 Å². The van der Waals surface area contributed by atoms with E-state index in [2.05, 4.69) is 22.8 Å². The van der Waals surface area contributed by atoms with Gasteiger partial charge in [0.2, 0.25) is 11.8 Å². The third-order valence-electron chi connectivity index (χ3n) is 4.32. The molecule has 24 heavy (non-hydrogen) atoms. The van der Waals surface area contributed by atoms with Gasteiger partial charge in [0.15, 0.2) is 0 Å². The van der Waals surface area contributed by atoms with Gasteiger partial charge in [0.25, 0.3) is 0 Å². The summed E-state index contributed by atoms with van der Waals surface area (Å²) in [6.07, 6.45) is 4.56. The summed E-state index contributed by atoms with van der Waals surface area (Å²) in [6.45, 7) is 6.17. The van der Waals surface area contributed by atoms with Crippen LogP contribution in [0.5, 0.6) is 0 Å². The van der Waals surface area contributed by atoms with Crippen LogP contribution in [0.4, 0.5) is 5.69 Å². The van der Waals surface area contributed by atoms with Gasteiger partial charge in [0.05, 0.1) is 0 Å². The van der Waals surface area contributed by atoms with Crippen molar-refractivity contribution in [2.45, 2.75) is 59.3 Å². The summed E-state index contributed by atoms with van der Waals surface area (Å²) in [5, 5.41) is 7.05. The molecule has 0 saturated heterocycles. The molecule has 2 rings (SSSR count). The number of hydrogen-bond acceptors (Lipinski definition) is 3. The Labute approximate surface area is 143 Å². The minimum Gasteiger partial charge on any atom is -0.326 e. The summed E-state index contributed by atoms with van der Waals surface area (Å²) < 4.78 is 0. The number of carbonyl (C=O) groups excluding carboxylic acids is 2. The smallest absolute Gasteiger partial charge is 0.240 e. The summed E-state index contributed by atoms with van der Waals surface area (Å²) in [6, 6.07) is 5.86. The molecule has 1 aliphatic carbocycles. The molecule has 1 atom stereocenters. The summed E-state index contributed by atoms with van der Waals surface area (Å²) in [4.78, 5) is 23.8. The van der Waals surface area contributed by atoms with Gasteiger partial charge in [-0.2, -0.15) is 5.10 Å². The molecule has 0 bridgehead atoms. The van der Waals surface area contributed by atoms with Crippen molar-refractivity contribution in [2.75, 3.05) is 5.32 Å². The van der Waals surface area contributed by atoms with E-state index in [9.17, 15) is 9.59 Å². The maximum absolute atomic E-state index is 12.0. The lowest BCUT2D eigenvalue weighted by atomic mass is 9.89. The average Bonchev–Trinajstić information content (AvgIpc) is 2.54. The SMILES string of the molecule is Cc1ccc(NC(=O)CCC(=O)N/N=C2\CCC[C@H](C)C2)c(C)c1. The van der Waals surface area contributed by atoms with Crippen molar-refractivity contribution < 1.29 is 9.59 Å².